The fourth-order valence-corrected chi connectivity index (χ4v) is 3.09. The third-order valence-electron chi connectivity index (χ3n) is 3.99. The van der Waals surface area contributed by atoms with E-state index in [9.17, 15) is 0 Å². The highest BCUT2D eigenvalue weighted by molar-refractivity contribution is 6.16. The van der Waals surface area contributed by atoms with E-state index in [4.69, 9.17) is 16.3 Å². The fraction of sp³-hybridized carbons (Fsp3) is 0.857. The van der Waals surface area contributed by atoms with E-state index in [1.807, 2.05) is 0 Å². The first-order valence-corrected chi connectivity index (χ1v) is 7.84. The molecule has 0 aliphatic heterocycles. The average Bonchev–Trinajstić information content (AvgIpc) is 2.62. The summed E-state index contributed by atoms with van der Waals surface area (Å²) in [6.07, 6.45) is 9.19. The maximum Gasteiger partial charge on any atom is 0.148 e. The molecular weight excluding hydrogens is 262 g/mol. The molecule has 0 unspecified atom stereocenters. The van der Waals surface area contributed by atoms with E-state index in [2.05, 4.69) is 14.8 Å². The van der Waals surface area contributed by atoms with Gasteiger partial charge in [0.25, 0.3) is 0 Å². The zero-order valence-corrected chi connectivity index (χ0v) is 12.5. The van der Waals surface area contributed by atoms with E-state index in [-0.39, 0.29) is 0 Å². The Morgan fingerprint density at radius 2 is 1.84 bits per heavy atom. The van der Waals surface area contributed by atoms with Gasteiger partial charge >= 0.3 is 0 Å². The SMILES string of the molecule is COCCn1c(CCl)nnc1CC1CCCCCC1. The molecule has 0 radical (unpaired) electrons. The summed E-state index contributed by atoms with van der Waals surface area (Å²) in [5.41, 5.74) is 0. The largest absolute Gasteiger partial charge is 0.383 e. The number of methoxy groups -OCH3 is 1. The molecule has 108 valence electrons. The number of rotatable bonds is 6. The van der Waals surface area contributed by atoms with Gasteiger partial charge in [-0.15, -0.1) is 21.8 Å². The summed E-state index contributed by atoms with van der Waals surface area (Å²) < 4.78 is 7.30. The van der Waals surface area contributed by atoms with Crippen LogP contribution in [0, 0.1) is 5.92 Å². The average molecular weight is 286 g/mol. The number of hydrogen-bond acceptors (Lipinski definition) is 3. The molecule has 1 saturated carbocycles. The second-order valence-electron chi connectivity index (χ2n) is 5.37. The van der Waals surface area contributed by atoms with Gasteiger partial charge in [-0.2, -0.15) is 0 Å². The van der Waals surface area contributed by atoms with Crippen molar-refractivity contribution >= 4 is 11.6 Å². The Balaban J connectivity index is 2.03. The van der Waals surface area contributed by atoms with Crippen LogP contribution in [0.25, 0.3) is 0 Å². The molecule has 0 N–H and O–H groups in total. The number of aromatic nitrogens is 3. The molecule has 0 bridgehead atoms. The fourth-order valence-electron chi connectivity index (χ4n) is 2.89. The summed E-state index contributed by atoms with van der Waals surface area (Å²) in [6.45, 7) is 1.48. The highest BCUT2D eigenvalue weighted by Crippen LogP contribution is 2.25. The summed E-state index contributed by atoms with van der Waals surface area (Å²) >= 11 is 5.93. The van der Waals surface area contributed by atoms with E-state index in [1.54, 1.807) is 7.11 Å². The molecule has 1 aromatic rings. The smallest absolute Gasteiger partial charge is 0.148 e. The normalized spacial score (nSPS) is 17.6. The zero-order valence-electron chi connectivity index (χ0n) is 11.8. The summed E-state index contributed by atoms with van der Waals surface area (Å²) in [4.78, 5) is 0. The molecule has 1 fully saturated rings. The van der Waals surface area contributed by atoms with Gasteiger partial charge < -0.3 is 9.30 Å². The maximum absolute atomic E-state index is 5.93. The Bertz CT molecular complexity index is 373. The van der Waals surface area contributed by atoms with Crippen LogP contribution in [0.15, 0.2) is 0 Å². The first-order chi connectivity index (χ1) is 9.35. The minimum absolute atomic E-state index is 0.418. The van der Waals surface area contributed by atoms with Crippen LogP contribution in [0.4, 0.5) is 0 Å². The van der Waals surface area contributed by atoms with Gasteiger partial charge in [0.15, 0.2) is 0 Å². The summed E-state index contributed by atoms with van der Waals surface area (Å²) in [5, 5.41) is 8.54. The Kier molecular flexibility index (Phi) is 6.11. The molecule has 5 heteroatoms. The van der Waals surface area contributed by atoms with Gasteiger partial charge in [0.2, 0.25) is 0 Å². The van der Waals surface area contributed by atoms with Crippen molar-refractivity contribution < 1.29 is 4.74 Å². The number of ether oxygens (including phenoxy) is 1. The van der Waals surface area contributed by atoms with Crippen molar-refractivity contribution in [2.45, 2.75) is 57.4 Å². The molecule has 0 aromatic carbocycles. The zero-order chi connectivity index (χ0) is 13.5. The maximum atomic E-state index is 5.93. The lowest BCUT2D eigenvalue weighted by Gasteiger charge is -2.15. The monoisotopic (exact) mass is 285 g/mol. The van der Waals surface area contributed by atoms with Crippen LogP contribution < -0.4 is 0 Å². The van der Waals surface area contributed by atoms with Crippen molar-refractivity contribution in [2.24, 2.45) is 5.92 Å². The minimum Gasteiger partial charge on any atom is -0.383 e. The van der Waals surface area contributed by atoms with E-state index in [1.165, 1.54) is 38.5 Å². The topological polar surface area (TPSA) is 39.9 Å². The second-order valence-corrected chi connectivity index (χ2v) is 5.64. The Morgan fingerprint density at radius 3 is 2.47 bits per heavy atom. The van der Waals surface area contributed by atoms with Crippen LogP contribution in [-0.2, 0) is 23.6 Å². The summed E-state index contributed by atoms with van der Waals surface area (Å²) in [5.74, 6) is 3.12. The van der Waals surface area contributed by atoms with E-state index >= 15 is 0 Å². The van der Waals surface area contributed by atoms with Gasteiger partial charge in [0.05, 0.1) is 12.5 Å². The predicted octanol–water partition coefficient (Wildman–Crippen LogP) is 3.18. The van der Waals surface area contributed by atoms with Crippen LogP contribution >= 0.6 is 11.6 Å². The molecule has 0 amide bonds. The van der Waals surface area contributed by atoms with Gasteiger partial charge in [-0.3, -0.25) is 0 Å². The van der Waals surface area contributed by atoms with Gasteiger partial charge in [-0.25, -0.2) is 0 Å². The highest BCUT2D eigenvalue weighted by atomic mass is 35.5. The molecule has 0 spiro atoms. The van der Waals surface area contributed by atoms with Gasteiger partial charge in [0, 0.05) is 20.1 Å². The quantitative estimate of drug-likeness (QED) is 0.595. The van der Waals surface area contributed by atoms with Crippen LogP contribution in [0.1, 0.15) is 50.2 Å². The number of hydrogen-bond donors (Lipinski definition) is 0. The summed E-state index contributed by atoms with van der Waals surface area (Å²) in [6, 6.07) is 0. The van der Waals surface area contributed by atoms with Gasteiger partial charge in [-0.05, 0) is 5.92 Å². The minimum atomic E-state index is 0.418. The number of halogens is 1. The molecule has 1 heterocycles. The van der Waals surface area contributed by atoms with E-state index < -0.39 is 0 Å². The first kappa shape index (κ1) is 14.8. The third-order valence-corrected chi connectivity index (χ3v) is 4.23. The second kappa shape index (κ2) is 7.85. The lowest BCUT2D eigenvalue weighted by molar-refractivity contribution is 0.185. The number of nitrogens with zero attached hydrogens (tertiary/aromatic N) is 3. The molecule has 4 nitrogen and oxygen atoms in total. The van der Waals surface area contributed by atoms with Gasteiger partial charge in [-0.1, -0.05) is 38.5 Å². The van der Waals surface area contributed by atoms with Crippen LogP contribution in [0.3, 0.4) is 0 Å². The van der Waals surface area contributed by atoms with Crippen LogP contribution in [0.2, 0.25) is 0 Å². The molecule has 1 aliphatic rings. The van der Waals surface area contributed by atoms with E-state index in [0.29, 0.717) is 12.5 Å². The number of alkyl halides is 1. The van der Waals surface area contributed by atoms with Crippen molar-refractivity contribution in [3.05, 3.63) is 11.6 Å². The van der Waals surface area contributed by atoms with Crippen molar-refractivity contribution in [3.8, 4) is 0 Å². The standard InChI is InChI=1S/C14H24ClN3O/c1-19-9-8-18-13(16-17-14(18)11-15)10-12-6-4-2-3-5-7-12/h12H,2-11H2,1H3. The molecule has 1 aromatic heterocycles. The first-order valence-electron chi connectivity index (χ1n) is 7.31. The van der Waals surface area contributed by atoms with E-state index in [0.717, 1.165) is 30.5 Å². The highest BCUT2D eigenvalue weighted by Gasteiger charge is 2.18. The van der Waals surface area contributed by atoms with Gasteiger partial charge in [0.1, 0.15) is 11.6 Å². The van der Waals surface area contributed by atoms with Crippen LogP contribution in [0.5, 0.6) is 0 Å². The van der Waals surface area contributed by atoms with Crippen molar-refractivity contribution in [2.75, 3.05) is 13.7 Å². The predicted molar refractivity (Wildman–Crippen MR) is 76.4 cm³/mol. The van der Waals surface area contributed by atoms with Crippen molar-refractivity contribution in [1.82, 2.24) is 14.8 Å². The Morgan fingerprint density at radius 1 is 1.16 bits per heavy atom. The van der Waals surface area contributed by atoms with Crippen molar-refractivity contribution in [3.63, 3.8) is 0 Å². The molecule has 19 heavy (non-hydrogen) atoms. The lowest BCUT2D eigenvalue weighted by atomic mass is 9.96. The Hall–Kier alpha value is -0.610. The third kappa shape index (κ3) is 4.18. The molecule has 2 rings (SSSR count). The Labute approximate surface area is 120 Å². The summed E-state index contributed by atoms with van der Waals surface area (Å²) in [7, 11) is 1.72. The lowest BCUT2D eigenvalue weighted by Crippen LogP contribution is -2.14. The molecule has 1 aliphatic carbocycles. The van der Waals surface area contributed by atoms with Crippen LogP contribution in [-0.4, -0.2) is 28.5 Å². The molecule has 0 saturated heterocycles. The van der Waals surface area contributed by atoms with Crippen molar-refractivity contribution in [1.29, 1.82) is 0 Å². The molecular formula is C14H24ClN3O. The molecule has 0 atom stereocenters.